The van der Waals surface area contributed by atoms with Crippen LogP contribution in [0.15, 0.2) is 36.4 Å². The van der Waals surface area contributed by atoms with Gasteiger partial charge in [-0.25, -0.2) is 8.78 Å². The molecule has 0 saturated heterocycles. The number of aromatic nitrogens is 2. The van der Waals surface area contributed by atoms with E-state index in [0.29, 0.717) is 16.7 Å². The number of fused-ring (bicyclic) bond motifs is 2. The van der Waals surface area contributed by atoms with Crippen molar-refractivity contribution in [1.82, 2.24) is 14.7 Å². The molecule has 33 heavy (non-hydrogen) atoms. The van der Waals surface area contributed by atoms with Crippen LogP contribution in [0.5, 0.6) is 0 Å². The van der Waals surface area contributed by atoms with Crippen LogP contribution in [0.3, 0.4) is 0 Å². The van der Waals surface area contributed by atoms with Gasteiger partial charge in [0.2, 0.25) is 0 Å². The first-order valence-corrected chi connectivity index (χ1v) is 11.5. The Morgan fingerprint density at radius 3 is 2.79 bits per heavy atom. The summed E-state index contributed by atoms with van der Waals surface area (Å²) in [5.41, 5.74) is 5.07. The van der Waals surface area contributed by atoms with E-state index in [1.165, 1.54) is 18.9 Å². The van der Waals surface area contributed by atoms with E-state index in [0.717, 1.165) is 60.6 Å². The standard InChI is InChI=1S/C26H24F2N4O/c27-18-9-20-19(22(28)10-18)11-24(33)26(20)32-23-6-7-31(13-15-4-5-15)14-21(23)25(30-32)17-3-1-2-16(8-17)12-29/h1-3,8-10,15,24,26,33H,4-7,11,13-14H2/t24-,26?/m1/s1. The Morgan fingerprint density at radius 1 is 1.15 bits per heavy atom. The second-order valence-corrected chi connectivity index (χ2v) is 9.51. The lowest BCUT2D eigenvalue weighted by atomic mass is 9.99. The molecule has 2 atom stereocenters. The number of hydrogen-bond donors (Lipinski definition) is 1. The predicted octanol–water partition coefficient (Wildman–Crippen LogP) is 3.97. The van der Waals surface area contributed by atoms with Gasteiger partial charge in [0.05, 0.1) is 23.4 Å². The lowest BCUT2D eigenvalue weighted by Crippen LogP contribution is -2.34. The maximum absolute atomic E-state index is 14.5. The third-order valence-electron chi connectivity index (χ3n) is 7.20. The smallest absolute Gasteiger partial charge is 0.129 e. The monoisotopic (exact) mass is 446 g/mol. The highest BCUT2D eigenvalue weighted by Crippen LogP contribution is 2.41. The van der Waals surface area contributed by atoms with Crippen molar-refractivity contribution in [1.29, 1.82) is 5.26 Å². The molecule has 2 heterocycles. The van der Waals surface area contributed by atoms with E-state index in [4.69, 9.17) is 5.10 Å². The van der Waals surface area contributed by atoms with Crippen molar-refractivity contribution in [2.75, 3.05) is 13.1 Å². The van der Waals surface area contributed by atoms with Gasteiger partial charge in [-0.15, -0.1) is 0 Å². The summed E-state index contributed by atoms with van der Waals surface area (Å²) in [5, 5.41) is 25.2. The molecule has 2 aromatic carbocycles. The van der Waals surface area contributed by atoms with E-state index < -0.39 is 23.8 Å². The first-order chi connectivity index (χ1) is 16.0. The molecule has 0 spiro atoms. The molecule has 1 unspecified atom stereocenters. The van der Waals surface area contributed by atoms with Gasteiger partial charge in [-0.1, -0.05) is 12.1 Å². The highest BCUT2D eigenvalue weighted by Gasteiger charge is 2.39. The van der Waals surface area contributed by atoms with Crippen LogP contribution in [0.2, 0.25) is 0 Å². The van der Waals surface area contributed by atoms with Crippen molar-refractivity contribution in [3.05, 3.63) is 76.0 Å². The Bertz CT molecular complexity index is 1290. The van der Waals surface area contributed by atoms with Crippen LogP contribution in [-0.4, -0.2) is 39.0 Å². The Kier molecular flexibility index (Phi) is 4.82. The summed E-state index contributed by atoms with van der Waals surface area (Å²) in [7, 11) is 0. The van der Waals surface area contributed by atoms with Gasteiger partial charge in [-0.05, 0) is 48.1 Å². The number of aliphatic hydroxyl groups is 1. The van der Waals surface area contributed by atoms with E-state index in [1.54, 1.807) is 10.7 Å². The summed E-state index contributed by atoms with van der Waals surface area (Å²) < 4.78 is 30.4. The normalized spacial score (nSPS) is 22.1. The molecule has 7 heteroatoms. The van der Waals surface area contributed by atoms with Crippen molar-refractivity contribution in [3.63, 3.8) is 0 Å². The van der Waals surface area contributed by atoms with Crippen LogP contribution in [0, 0.1) is 28.9 Å². The topological polar surface area (TPSA) is 65.1 Å². The van der Waals surface area contributed by atoms with Gasteiger partial charge in [0.15, 0.2) is 0 Å². The van der Waals surface area contributed by atoms with E-state index in [1.807, 2.05) is 18.2 Å². The molecule has 1 saturated carbocycles. The van der Waals surface area contributed by atoms with Crippen LogP contribution in [0.25, 0.3) is 11.3 Å². The van der Waals surface area contributed by atoms with Crippen LogP contribution in [-0.2, 0) is 19.4 Å². The first-order valence-electron chi connectivity index (χ1n) is 11.5. The van der Waals surface area contributed by atoms with Gasteiger partial charge in [0.1, 0.15) is 17.7 Å². The zero-order valence-electron chi connectivity index (χ0n) is 18.1. The second-order valence-electron chi connectivity index (χ2n) is 9.51. The lowest BCUT2D eigenvalue weighted by Gasteiger charge is -2.29. The predicted molar refractivity (Wildman–Crippen MR) is 118 cm³/mol. The molecule has 168 valence electrons. The third kappa shape index (κ3) is 3.54. The largest absolute Gasteiger partial charge is 0.390 e. The van der Waals surface area contributed by atoms with Gasteiger partial charge in [0, 0.05) is 55.4 Å². The van der Waals surface area contributed by atoms with Crippen LogP contribution >= 0.6 is 0 Å². The molecule has 0 radical (unpaired) electrons. The highest BCUT2D eigenvalue weighted by atomic mass is 19.1. The number of halogens is 2. The summed E-state index contributed by atoms with van der Waals surface area (Å²) in [4.78, 5) is 2.45. The summed E-state index contributed by atoms with van der Waals surface area (Å²) >= 11 is 0. The number of nitriles is 1. The molecule has 5 nitrogen and oxygen atoms in total. The van der Waals surface area contributed by atoms with Crippen molar-refractivity contribution in [2.24, 2.45) is 5.92 Å². The summed E-state index contributed by atoms with van der Waals surface area (Å²) in [6, 6.07) is 11.1. The van der Waals surface area contributed by atoms with Crippen LogP contribution < -0.4 is 0 Å². The van der Waals surface area contributed by atoms with E-state index in [-0.39, 0.29) is 6.42 Å². The van der Waals surface area contributed by atoms with Gasteiger partial charge >= 0.3 is 0 Å². The second kappa shape index (κ2) is 7.75. The molecule has 3 aromatic rings. The minimum atomic E-state index is -0.886. The Hall–Kier alpha value is -3.08. The number of hydrogen-bond acceptors (Lipinski definition) is 4. The van der Waals surface area contributed by atoms with Gasteiger partial charge in [-0.3, -0.25) is 9.58 Å². The third-order valence-corrected chi connectivity index (χ3v) is 7.20. The maximum atomic E-state index is 14.5. The van der Waals surface area contributed by atoms with E-state index >= 15 is 0 Å². The van der Waals surface area contributed by atoms with Gasteiger partial charge < -0.3 is 5.11 Å². The molecular weight excluding hydrogens is 422 g/mol. The van der Waals surface area contributed by atoms with Crippen LogP contribution in [0.1, 0.15) is 46.8 Å². The summed E-state index contributed by atoms with van der Waals surface area (Å²) in [5.74, 6) is -0.504. The molecule has 1 fully saturated rings. The fourth-order valence-corrected chi connectivity index (χ4v) is 5.45. The zero-order valence-corrected chi connectivity index (χ0v) is 18.1. The van der Waals surface area contributed by atoms with E-state index in [9.17, 15) is 19.1 Å². The lowest BCUT2D eigenvalue weighted by molar-refractivity contribution is 0.135. The minimum absolute atomic E-state index is 0.133. The SMILES string of the molecule is N#Cc1cccc(-c2nn(C3c4cc(F)cc(F)c4C[C@H]3O)c3c2CN(CC2CC2)CC3)c1. The molecule has 1 N–H and O–H groups in total. The molecule has 3 aliphatic rings. The maximum Gasteiger partial charge on any atom is 0.129 e. The van der Waals surface area contributed by atoms with Crippen molar-refractivity contribution < 1.29 is 13.9 Å². The van der Waals surface area contributed by atoms with Crippen LogP contribution in [0.4, 0.5) is 8.78 Å². The number of nitrogens with zero attached hydrogens (tertiary/aromatic N) is 4. The fourth-order valence-electron chi connectivity index (χ4n) is 5.45. The zero-order chi connectivity index (χ0) is 22.7. The molecule has 0 amide bonds. The van der Waals surface area contributed by atoms with Crippen molar-refractivity contribution >= 4 is 0 Å². The average molecular weight is 447 g/mol. The Morgan fingerprint density at radius 2 is 2.00 bits per heavy atom. The molecule has 6 rings (SSSR count). The molecule has 0 bridgehead atoms. The molecular formula is C26H24F2N4O. The number of rotatable bonds is 4. The Labute approximate surface area is 190 Å². The van der Waals surface area contributed by atoms with Gasteiger partial charge in [0.25, 0.3) is 0 Å². The molecule has 2 aliphatic carbocycles. The van der Waals surface area contributed by atoms with E-state index in [2.05, 4.69) is 11.0 Å². The quantitative estimate of drug-likeness (QED) is 0.659. The highest BCUT2D eigenvalue weighted by molar-refractivity contribution is 5.66. The van der Waals surface area contributed by atoms with Crippen molar-refractivity contribution in [2.45, 2.75) is 44.4 Å². The fraction of sp³-hybridized carbons (Fsp3) is 0.385. The summed E-state index contributed by atoms with van der Waals surface area (Å²) in [6.07, 6.45) is 2.56. The molecule has 1 aromatic heterocycles. The minimum Gasteiger partial charge on any atom is -0.390 e. The number of benzene rings is 2. The number of aliphatic hydroxyl groups excluding tert-OH is 1. The average Bonchev–Trinajstić information content (AvgIpc) is 3.45. The summed E-state index contributed by atoms with van der Waals surface area (Å²) in [6.45, 7) is 2.69. The Balaban J connectivity index is 1.49. The van der Waals surface area contributed by atoms with Gasteiger partial charge in [-0.2, -0.15) is 10.4 Å². The first kappa shape index (κ1) is 20.5. The van der Waals surface area contributed by atoms with Crippen molar-refractivity contribution in [3.8, 4) is 17.3 Å². The molecule has 1 aliphatic heterocycles.